The van der Waals surface area contributed by atoms with E-state index in [2.05, 4.69) is 63.0 Å². The number of amides is 1. The standard InChI is InChI=1S/C43H48N4O6/c48-38-17-15-35(36-16-18-41(50)46-42(36)38)39(49)27-44-22-19-29-9-12-33(13-10-29)52-25-5-4-6-30-11-14-34(31-7-2-1-3-8-31)37(26-30)45-43(51)53-40-28-47-23-20-32(40)21-24-47/h1-3,7-18,26,32,39-40,44,48-49H,4-6,19-25,27-28H2,(H,45,51)(H,46,50)/t39-,40-/m0/s1. The first-order chi connectivity index (χ1) is 25.9. The number of benzene rings is 4. The van der Waals surface area contributed by atoms with Crippen LogP contribution in [0.25, 0.3) is 22.0 Å². The molecule has 2 bridgehead atoms. The molecule has 0 saturated carbocycles. The molecule has 276 valence electrons. The van der Waals surface area contributed by atoms with Crippen LogP contribution in [0.5, 0.6) is 11.5 Å². The van der Waals surface area contributed by atoms with E-state index < -0.39 is 6.10 Å². The zero-order valence-electron chi connectivity index (χ0n) is 29.9. The number of aromatic hydroxyl groups is 1. The molecule has 4 aromatic carbocycles. The molecule has 1 amide bonds. The molecule has 0 spiro atoms. The van der Waals surface area contributed by atoms with Gasteiger partial charge in [0.25, 0.3) is 0 Å². The third kappa shape index (κ3) is 9.26. The molecule has 10 heteroatoms. The van der Waals surface area contributed by atoms with Gasteiger partial charge in [-0.1, -0.05) is 60.7 Å². The molecular weight excluding hydrogens is 668 g/mol. The molecule has 0 aliphatic carbocycles. The van der Waals surface area contributed by atoms with Crippen molar-refractivity contribution < 1.29 is 24.5 Å². The number of carbonyl (C=O) groups excluding carboxylic acids is 1. The van der Waals surface area contributed by atoms with E-state index in [0.29, 0.717) is 42.1 Å². The van der Waals surface area contributed by atoms with Gasteiger partial charge in [0.2, 0.25) is 5.56 Å². The van der Waals surface area contributed by atoms with E-state index in [4.69, 9.17) is 9.47 Å². The number of phenols is 1. The first kappa shape index (κ1) is 36.2. The molecule has 10 nitrogen and oxygen atoms in total. The van der Waals surface area contributed by atoms with E-state index in [9.17, 15) is 19.8 Å². The minimum atomic E-state index is -0.796. The Hall–Kier alpha value is -5.16. The van der Waals surface area contributed by atoms with E-state index >= 15 is 0 Å². The van der Waals surface area contributed by atoms with E-state index in [0.717, 1.165) is 91.8 Å². The Kier molecular flexibility index (Phi) is 11.7. The number of ether oxygens (including phenoxy) is 2. The third-order valence-corrected chi connectivity index (χ3v) is 10.5. The van der Waals surface area contributed by atoms with Crippen LogP contribution in [-0.4, -0.2) is 71.6 Å². The summed E-state index contributed by atoms with van der Waals surface area (Å²) in [7, 11) is 0. The molecule has 2 atom stereocenters. The summed E-state index contributed by atoms with van der Waals surface area (Å²) in [6, 6.07) is 30.7. The SMILES string of the molecule is O=C(Nc1cc(CCCCOc2ccc(CCNC[C@H](O)c3ccc(O)c4[nH]c(=O)ccc34)cc2)ccc1-c1ccccc1)O[C@H]1CN2CCC1CC2. The van der Waals surface area contributed by atoms with Crippen LogP contribution in [-0.2, 0) is 17.6 Å². The number of phenolic OH excluding ortho intramolecular Hbond substituents is 1. The highest BCUT2D eigenvalue weighted by atomic mass is 16.6. The molecule has 4 heterocycles. The molecular formula is C43H48N4O6. The molecule has 3 saturated heterocycles. The van der Waals surface area contributed by atoms with E-state index in [1.54, 1.807) is 12.1 Å². The maximum Gasteiger partial charge on any atom is 0.411 e. The molecule has 5 N–H and O–H groups in total. The van der Waals surface area contributed by atoms with Crippen LogP contribution in [0.15, 0.2) is 102 Å². The first-order valence-electron chi connectivity index (χ1n) is 18.7. The van der Waals surface area contributed by atoms with Crippen LogP contribution in [0.3, 0.4) is 0 Å². The van der Waals surface area contributed by atoms with E-state index in [1.165, 1.54) is 12.1 Å². The van der Waals surface area contributed by atoms with Crippen molar-refractivity contribution in [3.05, 3.63) is 124 Å². The van der Waals surface area contributed by atoms with Gasteiger partial charge in [-0.25, -0.2) is 4.79 Å². The molecule has 3 aliphatic rings. The van der Waals surface area contributed by atoms with Crippen LogP contribution in [0.4, 0.5) is 10.5 Å². The summed E-state index contributed by atoms with van der Waals surface area (Å²) in [6.07, 6.45) is 4.46. The highest BCUT2D eigenvalue weighted by molar-refractivity contribution is 5.92. The average molecular weight is 717 g/mol. The monoisotopic (exact) mass is 716 g/mol. The topological polar surface area (TPSA) is 136 Å². The number of aromatic amines is 1. The first-order valence-corrected chi connectivity index (χ1v) is 18.7. The highest BCUT2D eigenvalue weighted by Gasteiger charge is 2.36. The fourth-order valence-corrected chi connectivity index (χ4v) is 7.55. The molecule has 0 radical (unpaired) electrons. The fraction of sp³-hybridized carbons (Fsp3) is 0.349. The Labute approximate surface area is 309 Å². The Balaban J connectivity index is 0.846. The highest BCUT2D eigenvalue weighted by Crippen LogP contribution is 2.33. The Morgan fingerprint density at radius 1 is 0.906 bits per heavy atom. The molecule has 3 aliphatic heterocycles. The number of unbranched alkanes of at least 4 members (excludes halogenated alkanes) is 1. The van der Waals surface area contributed by atoms with Crippen molar-refractivity contribution in [2.24, 2.45) is 5.92 Å². The summed E-state index contributed by atoms with van der Waals surface area (Å²) in [5.74, 6) is 1.26. The van der Waals surface area contributed by atoms with E-state index in [1.807, 2.05) is 30.3 Å². The van der Waals surface area contributed by atoms with Gasteiger partial charge in [-0.3, -0.25) is 15.0 Å². The number of nitrogens with zero attached hydrogens (tertiary/aromatic N) is 1. The lowest BCUT2D eigenvalue weighted by Gasteiger charge is -2.43. The van der Waals surface area contributed by atoms with E-state index in [-0.39, 0.29) is 23.5 Å². The summed E-state index contributed by atoms with van der Waals surface area (Å²) < 4.78 is 12.0. The van der Waals surface area contributed by atoms with Crippen molar-refractivity contribution >= 4 is 22.7 Å². The number of hydrogen-bond acceptors (Lipinski definition) is 8. The van der Waals surface area contributed by atoms with Crippen LogP contribution >= 0.6 is 0 Å². The lowest BCUT2D eigenvalue weighted by Crippen LogP contribution is -2.52. The number of aromatic nitrogens is 1. The van der Waals surface area contributed by atoms with Crippen LogP contribution in [0.2, 0.25) is 0 Å². The number of H-pyrrole nitrogens is 1. The quantitative estimate of drug-likeness (QED) is 0.0746. The van der Waals surface area contributed by atoms with Gasteiger partial charge in [-0.15, -0.1) is 0 Å². The summed E-state index contributed by atoms with van der Waals surface area (Å²) in [5.41, 5.74) is 5.76. The van der Waals surface area contributed by atoms with Crippen LogP contribution in [0.1, 0.15) is 48.5 Å². The second kappa shape index (κ2) is 17.1. The zero-order chi connectivity index (χ0) is 36.6. The molecule has 5 aromatic rings. The predicted octanol–water partition coefficient (Wildman–Crippen LogP) is 6.81. The smallest absolute Gasteiger partial charge is 0.411 e. The number of aliphatic hydroxyl groups is 1. The molecule has 53 heavy (non-hydrogen) atoms. The lowest BCUT2D eigenvalue weighted by atomic mass is 9.86. The number of aryl methyl sites for hydroxylation is 1. The number of aliphatic hydroxyl groups excluding tert-OH is 1. The fourth-order valence-electron chi connectivity index (χ4n) is 7.55. The maximum absolute atomic E-state index is 13.1. The number of anilines is 1. The Morgan fingerprint density at radius 2 is 1.70 bits per heavy atom. The number of pyridine rings is 1. The van der Waals surface area contributed by atoms with Crippen molar-refractivity contribution in [1.82, 2.24) is 15.2 Å². The minimum absolute atomic E-state index is 0.0265. The van der Waals surface area contributed by atoms with Crippen molar-refractivity contribution in [2.75, 3.05) is 44.6 Å². The van der Waals surface area contributed by atoms with Gasteiger partial charge in [0, 0.05) is 30.1 Å². The van der Waals surface area contributed by atoms with Gasteiger partial charge < -0.3 is 30.0 Å². The molecule has 8 rings (SSSR count). The number of rotatable bonds is 15. The van der Waals surface area contributed by atoms with Crippen molar-refractivity contribution in [3.63, 3.8) is 0 Å². The van der Waals surface area contributed by atoms with Crippen LogP contribution in [0, 0.1) is 5.92 Å². The minimum Gasteiger partial charge on any atom is -0.506 e. The Bertz CT molecular complexity index is 2040. The van der Waals surface area contributed by atoms with Gasteiger partial charge in [0.05, 0.1) is 23.9 Å². The second-order valence-electron chi connectivity index (χ2n) is 14.2. The van der Waals surface area contributed by atoms with Crippen molar-refractivity contribution in [1.29, 1.82) is 0 Å². The largest absolute Gasteiger partial charge is 0.506 e. The number of nitrogens with one attached hydrogen (secondary N) is 3. The number of piperidine rings is 3. The van der Waals surface area contributed by atoms with Crippen molar-refractivity contribution in [3.8, 4) is 22.6 Å². The summed E-state index contributed by atoms with van der Waals surface area (Å²) in [4.78, 5) is 29.8. The molecule has 3 fully saturated rings. The Morgan fingerprint density at radius 3 is 2.47 bits per heavy atom. The third-order valence-electron chi connectivity index (χ3n) is 10.5. The summed E-state index contributed by atoms with van der Waals surface area (Å²) in [6.45, 7) is 4.65. The summed E-state index contributed by atoms with van der Waals surface area (Å²) >= 11 is 0. The van der Waals surface area contributed by atoms with Crippen molar-refractivity contribution in [2.45, 2.75) is 50.7 Å². The normalized spacial score (nSPS) is 18.5. The zero-order valence-corrected chi connectivity index (χ0v) is 29.9. The lowest BCUT2D eigenvalue weighted by molar-refractivity contribution is -0.0289. The van der Waals surface area contributed by atoms with Gasteiger partial charge in [-0.05, 0) is 117 Å². The van der Waals surface area contributed by atoms with Gasteiger partial charge in [0.1, 0.15) is 17.6 Å². The van der Waals surface area contributed by atoms with Gasteiger partial charge in [0.15, 0.2) is 0 Å². The second-order valence-corrected chi connectivity index (χ2v) is 14.2. The number of fused-ring (bicyclic) bond motifs is 4. The number of carbonyl (C=O) groups is 1. The molecule has 1 aromatic heterocycles. The number of hydrogen-bond donors (Lipinski definition) is 5. The maximum atomic E-state index is 13.1. The van der Waals surface area contributed by atoms with Gasteiger partial charge >= 0.3 is 6.09 Å². The van der Waals surface area contributed by atoms with Gasteiger partial charge in [-0.2, -0.15) is 0 Å². The average Bonchev–Trinajstić information content (AvgIpc) is 3.18. The summed E-state index contributed by atoms with van der Waals surface area (Å²) in [5, 5.41) is 27.9. The van der Waals surface area contributed by atoms with Crippen LogP contribution < -0.4 is 20.9 Å². The predicted molar refractivity (Wildman–Crippen MR) is 208 cm³/mol. The molecule has 0 unspecified atom stereocenters.